The molecule has 104 valence electrons. The van der Waals surface area contributed by atoms with Crippen molar-refractivity contribution in [2.75, 3.05) is 0 Å². The molecule has 3 rings (SSSR count). The highest BCUT2D eigenvalue weighted by molar-refractivity contribution is 6.05. The maximum Gasteiger partial charge on any atom is 0.135 e. The summed E-state index contributed by atoms with van der Waals surface area (Å²) in [6.45, 7) is 8.92. The molecule has 0 aliphatic rings. The van der Waals surface area contributed by atoms with Gasteiger partial charge in [0, 0.05) is 10.8 Å². The van der Waals surface area contributed by atoms with Crippen molar-refractivity contribution in [1.29, 1.82) is 0 Å². The molecule has 20 heavy (non-hydrogen) atoms. The molecule has 0 spiro atoms. The van der Waals surface area contributed by atoms with Crippen LogP contribution >= 0.6 is 0 Å². The summed E-state index contributed by atoms with van der Waals surface area (Å²) < 4.78 is 6.08. The number of fused-ring (bicyclic) bond motifs is 3. The van der Waals surface area contributed by atoms with Crippen LogP contribution in [-0.2, 0) is 0 Å². The summed E-state index contributed by atoms with van der Waals surface area (Å²) in [6.07, 6.45) is 1.16. The molecule has 0 saturated heterocycles. The smallest absolute Gasteiger partial charge is 0.135 e. The fourth-order valence-corrected chi connectivity index (χ4v) is 2.71. The molecular weight excluding hydrogens is 244 g/mol. The Hall–Kier alpha value is -1.76. The minimum Gasteiger partial charge on any atom is -0.456 e. The standard InChI is InChI=1S/C19H22O/c1-5-13(4)15-7-9-17-16-8-6-14(12(2)3)10-18(16)20-19(17)11-15/h6-13H,5H2,1-4H3. The molecule has 2 aromatic carbocycles. The van der Waals surface area contributed by atoms with Gasteiger partial charge < -0.3 is 4.42 Å². The van der Waals surface area contributed by atoms with E-state index in [4.69, 9.17) is 4.42 Å². The van der Waals surface area contributed by atoms with Crippen molar-refractivity contribution in [3.63, 3.8) is 0 Å². The zero-order valence-electron chi connectivity index (χ0n) is 12.7. The first-order valence-electron chi connectivity index (χ1n) is 7.56. The van der Waals surface area contributed by atoms with Gasteiger partial charge >= 0.3 is 0 Å². The van der Waals surface area contributed by atoms with E-state index in [-0.39, 0.29) is 0 Å². The van der Waals surface area contributed by atoms with Gasteiger partial charge in [-0.3, -0.25) is 0 Å². The SMILES string of the molecule is CCC(C)c1ccc2c(c1)oc1cc(C(C)C)ccc12. The minimum absolute atomic E-state index is 0.531. The van der Waals surface area contributed by atoms with E-state index in [1.807, 2.05) is 0 Å². The van der Waals surface area contributed by atoms with Gasteiger partial charge in [-0.05, 0) is 41.5 Å². The quantitative estimate of drug-likeness (QED) is 0.548. The molecule has 0 radical (unpaired) electrons. The Labute approximate surface area is 120 Å². The van der Waals surface area contributed by atoms with Crippen molar-refractivity contribution in [2.45, 2.75) is 46.0 Å². The summed E-state index contributed by atoms with van der Waals surface area (Å²) in [5.74, 6) is 1.11. The van der Waals surface area contributed by atoms with Gasteiger partial charge in [-0.15, -0.1) is 0 Å². The zero-order valence-corrected chi connectivity index (χ0v) is 12.7. The van der Waals surface area contributed by atoms with Crippen LogP contribution in [-0.4, -0.2) is 0 Å². The van der Waals surface area contributed by atoms with Gasteiger partial charge in [0.2, 0.25) is 0 Å². The zero-order chi connectivity index (χ0) is 14.3. The van der Waals surface area contributed by atoms with Gasteiger partial charge in [0.15, 0.2) is 0 Å². The van der Waals surface area contributed by atoms with E-state index >= 15 is 0 Å². The Morgan fingerprint density at radius 3 is 1.95 bits per heavy atom. The number of benzene rings is 2. The first kappa shape index (κ1) is 13.2. The van der Waals surface area contributed by atoms with Crippen molar-refractivity contribution >= 4 is 21.9 Å². The summed E-state index contributed by atoms with van der Waals surface area (Å²) in [6, 6.07) is 13.2. The fourth-order valence-electron chi connectivity index (χ4n) is 2.71. The summed E-state index contributed by atoms with van der Waals surface area (Å²) in [5, 5.41) is 2.45. The highest BCUT2D eigenvalue weighted by Gasteiger charge is 2.11. The average molecular weight is 266 g/mol. The molecular formula is C19H22O. The van der Waals surface area contributed by atoms with Crippen molar-refractivity contribution in [1.82, 2.24) is 0 Å². The lowest BCUT2D eigenvalue weighted by Gasteiger charge is -2.07. The third-order valence-corrected chi connectivity index (χ3v) is 4.37. The number of rotatable bonds is 3. The molecule has 0 fully saturated rings. The molecule has 1 heterocycles. The Morgan fingerprint density at radius 2 is 1.40 bits per heavy atom. The molecule has 0 aliphatic heterocycles. The minimum atomic E-state index is 0.531. The number of hydrogen-bond acceptors (Lipinski definition) is 1. The average Bonchev–Trinajstić information content (AvgIpc) is 2.82. The van der Waals surface area contributed by atoms with Crippen LogP contribution in [0.4, 0.5) is 0 Å². The van der Waals surface area contributed by atoms with Crippen LogP contribution in [0.5, 0.6) is 0 Å². The van der Waals surface area contributed by atoms with E-state index < -0.39 is 0 Å². The van der Waals surface area contributed by atoms with Gasteiger partial charge in [-0.1, -0.05) is 52.0 Å². The van der Waals surface area contributed by atoms with Gasteiger partial charge in [-0.2, -0.15) is 0 Å². The first-order valence-corrected chi connectivity index (χ1v) is 7.56. The lowest BCUT2D eigenvalue weighted by molar-refractivity contribution is 0.663. The van der Waals surface area contributed by atoms with Crippen LogP contribution in [0.3, 0.4) is 0 Å². The molecule has 0 aliphatic carbocycles. The van der Waals surface area contributed by atoms with Crippen LogP contribution < -0.4 is 0 Å². The molecule has 1 aromatic heterocycles. The van der Waals surface area contributed by atoms with Crippen molar-refractivity contribution < 1.29 is 4.42 Å². The highest BCUT2D eigenvalue weighted by atomic mass is 16.3. The van der Waals surface area contributed by atoms with Crippen LogP contribution in [0.1, 0.15) is 57.1 Å². The maximum absolute atomic E-state index is 6.08. The molecule has 0 bridgehead atoms. The Bertz CT molecular complexity index is 749. The number of furan rings is 1. The van der Waals surface area contributed by atoms with Gasteiger partial charge in [-0.25, -0.2) is 0 Å². The van der Waals surface area contributed by atoms with E-state index in [2.05, 4.69) is 64.1 Å². The largest absolute Gasteiger partial charge is 0.456 e. The molecule has 0 saturated carbocycles. The predicted molar refractivity (Wildman–Crippen MR) is 86.5 cm³/mol. The molecule has 1 unspecified atom stereocenters. The maximum atomic E-state index is 6.08. The van der Waals surface area contributed by atoms with E-state index in [0.29, 0.717) is 11.8 Å². The van der Waals surface area contributed by atoms with Gasteiger partial charge in [0.1, 0.15) is 11.2 Å². The topological polar surface area (TPSA) is 13.1 Å². The van der Waals surface area contributed by atoms with Gasteiger partial charge in [0.25, 0.3) is 0 Å². The van der Waals surface area contributed by atoms with E-state index in [1.54, 1.807) is 0 Å². The lowest BCUT2D eigenvalue weighted by atomic mass is 9.97. The van der Waals surface area contributed by atoms with Crippen molar-refractivity contribution in [3.8, 4) is 0 Å². The van der Waals surface area contributed by atoms with Crippen molar-refractivity contribution in [2.24, 2.45) is 0 Å². The number of hydrogen-bond donors (Lipinski definition) is 0. The summed E-state index contributed by atoms with van der Waals surface area (Å²) >= 11 is 0. The third-order valence-electron chi connectivity index (χ3n) is 4.37. The molecule has 3 aromatic rings. The van der Waals surface area contributed by atoms with Crippen LogP contribution in [0, 0.1) is 0 Å². The van der Waals surface area contributed by atoms with Crippen LogP contribution in [0.15, 0.2) is 40.8 Å². The molecule has 1 atom stereocenters. The Kier molecular flexibility index (Phi) is 3.29. The van der Waals surface area contributed by atoms with Crippen LogP contribution in [0.2, 0.25) is 0 Å². The van der Waals surface area contributed by atoms with E-state index in [1.165, 1.54) is 21.9 Å². The summed E-state index contributed by atoms with van der Waals surface area (Å²) in [5.41, 5.74) is 4.72. The lowest BCUT2D eigenvalue weighted by Crippen LogP contribution is -1.89. The Balaban J connectivity index is 2.19. The fraction of sp³-hybridized carbons (Fsp3) is 0.368. The normalized spacial score (nSPS) is 13.4. The molecule has 1 heteroatoms. The predicted octanol–water partition coefficient (Wildman–Crippen LogP) is 6.22. The first-order chi connectivity index (χ1) is 9.60. The third kappa shape index (κ3) is 2.11. The van der Waals surface area contributed by atoms with E-state index in [0.717, 1.165) is 17.6 Å². The van der Waals surface area contributed by atoms with Crippen molar-refractivity contribution in [3.05, 3.63) is 47.5 Å². The molecule has 0 amide bonds. The monoisotopic (exact) mass is 266 g/mol. The second-order valence-corrected chi connectivity index (χ2v) is 6.08. The Morgan fingerprint density at radius 1 is 0.850 bits per heavy atom. The summed E-state index contributed by atoms with van der Waals surface area (Å²) in [4.78, 5) is 0. The summed E-state index contributed by atoms with van der Waals surface area (Å²) in [7, 11) is 0. The second kappa shape index (κ2) is 4.97. The van der Waals surface area contributed by atoms with Gasteiger partial charge in [0.05, 0.1) is 0 Å². The second-order valence-electron chi connectivity index (χ2n) is 6.08. The highest BCUT2D eigenvalue weighted by Crippen LogP contribution is 2.33. The molecule has 1 nitrogen and oxygen atoms in total. The van der Waals surface area contributed by atoms with Crippen LogP contribution in [0.25, 0.3) is 21.9 Å². The molecule has 0 N–H and O–H groups in total. The van der Waals surface area contributed by atoms with E-state index in [9.17, 15) is 0 Å².